The smallest absolute Gasteiger partial charge is 0.338 e. The van der Waals surface area contributed by atoms with Crippen LogP contribution in [-0.4, -0.2) is 87.0 Å². The zero-order valence-corrected chi connectivity index (χ0v) is 35.9. The fraction of sp³-hybridized carbons (Fsp3) is 0.707. The summed E-state index contributed by atoms with van der Waals surface area (Å²) in [5.41, 5.74) is -3.72. The molecule has 12 heteroatoms. The normalized spacial score (nSPS) is 31.7. The minimum Gasteiger partial charge on any atom is -0.465 e. The molecule has 0 spiro atoms. The molecule has 0 aromatic heterocycles. The Kier molecular flexibility index (Phi) is 13.3. The summed E-state index contributed by atoms with van der Waals surface area (Å²) in [5.74, 6) is -4.64. The summed E-state index contributed by atoms with van der Waals surface area (Å²) in [6.07, 6.45) is -5.02. The highest BCUT2D eigenvalue weighted by Gasteiger charge is 2.71. The molecule has 2 N–H and O–H groups in total. The summed E-state index contributed by atoms with van der Waals surface area (Å²) in [6, 6.07) is 13.1. The first kappa shape index (κ1) is 43.2. The zero-order valence-electron chi connectivity index (χ0n) is 33.9. The molecule has 0 amide bonds. The Morgan fingerprint density at radius 2 is 1.40 bits per heavy atom. The van der Waals surface area contributed by atoms with Crippen LogP contribution < -0.4 is 0 Å². The number of Topliss-reactive ketones (excluding diaryl/α,β-unsaturated/α-hetero) is 2. The van der Waals surface area contributed by atoms with Gasteiger partial charge in [-0.3, -0.25) is 14.4 Å². The highest BCUT2D eigenvalue weighted by atomic mass is 28.4. The van der Waals surface area contributed by atoms with Crippen LogP contribution >= 0.6 is 0 Å². The Balaban J connectivity index is 2.12. The van der Waals surface area contributed by atoms with E-state index in [9.17, 15) is 24.6 Å². The maximum atomic E-state index is 15.5. The van der Waals surface area contributed by atoms with Crippen molar-refractivity contribution in [2.75, 3.05) is 6.61 Å². The van der Waals surface area contributed by atoms with E-state index >= 15 is 4.79 Å². The van der Waals surface area contributed by atoms with E-state index in [0.29, 0.717) is 11.1 Å². The number of hydrogen-bond acceptors (Lipinski definition) is 10. The van der Waals surface area contributed by atoms with Gasteiger partial charge in [-0.15, -0.1) is 0 Å². The molecule has 0 unspecified atom stereocenters. The number of ketones is 2. The number of aliphatic hydroxyl groups is 2. The van der Waals surface area contributed by atoms with Crippen LogP contribution in [0.1, 0.15) is 99.4 Å². The van der Waals surface area contributed by atoms with Crippen LogP contribution in [0.15, 0.2) is 41.5 Å². The van der Waals surface area contributed by atoms with Crippen molar-refractivity contribution in [3.8, 4) is 0 Å². The van der Waals surface area contributed by atoms with Gasteiger partial charge in [-0.05, 0) is 73.4 Å². The molecule has 3 aliphatic rings. The second-order valence-electron chi connectivity index (χ2n) is 16.4. The van der Waals surface area contributed by atoms with Gasteiger partial charge in [0.2, 0.25) is 0 Å². The fourth-order valence-electron chi connectivity index (χ4n) is 9.80. The molecule has 4 rings (SSSR count). The summed E-state index contributed by atoms with van der Waals surface area (Å²) < 4.78 is 26.3. The van der Waals surface area contributed by atoms with Gasteiger partial charge in [0.05, 0.1) is 29.1 Å². The highest BCUT2D eigenvalue weighted by Crippen LogP contribution is 2.61. The summed E-state index contributed by atoms with van der Waals surface area (Å²) in [6.45, 7) is 20.4. The highest BCUT2D eigenvalue weighted by molar-refractivity contribution is 6.74. The Morgan fingerprint density at radius 1 is 0.868 bits per heavy atom. The van der Waals surface area contributed by atoms with Crippen LogP contribution in [0, 0.1) is 22.7 Å². The third-order valence-electron chi connectivity index (χ3n) is 14.0. The molecule has 1 aromatic rings. The molecule has 0 radical (unpaired) electrons. The largest absolute Gasteiger partial charge is 0.465 e. The van der Waals surface area contributed by atoms with Crippen LogP contribution in [0.2, 0.25) is 36.3 Å². The Morgan fingerprint density at radius 3 is 1.91 bits per heavy atom. The standard InChI is InChI=1S/C41H64O10Si2/c1-12-52(13-2,14-3)50-31-24-41(47)37(49-38(46)28-21-19-18-20-22-28)34-29(25-48-27(8)42)30(43)23-32(51-53(15-4,16-5)17-6)40(34,11)36(45)35(44)33(26(31)7)39(41,9)10/h18-22,29,31-32,34-35,37,44,47H,12-17,23-25H2,1-11H3/t29-,31+,32+,34+,35-,37+,40-,41-/m1/s1. The Labute approximate surface area is 318 Å². The lowest BCUT2D eigenvalue weighted by atomic mass is 9.46. The van der Waals surface area contributed by atoms with Crippen LogP contribution in [-0.2, 0) is 32.7 Å². The van der Waals surface area contributed by atoms with Crippen molar-refractivity contribution < 1.29 is 47.7 Å². The first-order chi connectivity index (χ1) is 24.8. The first-order valence-electron chi connectivity index (χ1n) is 19.8. The van der Waals surface area contributed by atoms with Gasteiger partial charge in [-0.25, -0.2) is 4.79 Å². The second kappa shape index (κ2) is 16.3. The lowest BCUT2D eigenvalue weighted by Crippen LogP contribution is -2.74. The van der Waals surface area contributed by atoms with Crippen LogP contribution in [0.5, 0.6) is 0 Å². The van der Waals surface area contributed by atoms with Gasteiger partial charge in [0.15, 0.2) is 22.4 Å². The molecule has 8 atom stereocenters. The van der Waals surface area contributed by atoms with E-state index in [1.54, 1.807) is 51.1 Å². The SMILES string of the molecule is CC[Si](CC)(CC)O[C@H]1C[C@@]2(O)[C@@H](OC(=O)c3ccccc3)[C@@H]3[C@H](COC(C)=O)C(=O)C[C@H](O[Si](CC)(CC)CC)[C@@]3(C)C(=O)[C@H](O)C(=C1C)C2(C)C. The summed E-state index contributed by atoms with van der Waals surface area (Å²) >= 11 is 0. The predicted octanol–water partition coefficient (Wildman–Crippen LogP) is 7.19. The number of carbonyl (C=O) groups excluding carboxylic acids is 4. The van der Waals surface area contributed by atoms with Crippen molar-refractivity contribution >= 4 is 40.1 Å². The Hall–Kier alpha value is -2.49. The van der Waals surface area contributed by atoms with Gasteiger partial charge in [0, 0.05) is 31.1 Å². The molecule has 2 saturated carbocycles. The fourth-order valence-corrected chi connectivity index (χ4v) is 15.6. The minimum absolute atomic E-state index is 0.0120. The second-order valence-corrected chi connectivity index (χ2v) is 25.8. The van der Waals surface area contributed by atoms with E-state index in [0.717, 1.165) is 36.3 Å². The number of benzene rings is 1. The molecule has 2 fully saturated rings. The van der Waals surface area contributed by atoms with Gasteiger partial charge in [0.1, 0.15) is 30.2 Å². The third kappa shape index (κ3) is 7.45. The van der Waals surface area contributed by atoms with Crippen molar-refractivity contribution in [2.24, 2.45) is 22.7 Å². The quantitative estimate of drug-likeness (QED) is 0.113. The average Bonchev–Trinajstić information content (AvgIpc) is 3.14. The molecule has 2 bridgehead atoms. The monoisotopic (exact) mass is 772 g/mol. The van der Waals surface area contributed by atoms with Crippen molar-refractivity contribution in [3.63, 3.8) is 0 Å². The number of hydrogen-bond donors (Lipinski definition) is 2. The molecule has 53 heavy (non-hydrogen) atoms. The van der Waals surface area contributed by atoms with E-state index in [1.165, 1.54) is 6.92 Å². The average molecular weight is 773 g/mol. The van der Waals surface area contributed by atoms with E-state index in [4.69, 9.17) is 18.3 Å². The lowest BCUT2D eigenvalue weighted by molar-refractivity contribution is -0.227. The van der Waals surface area contributed by atoms with E-state index in [-0.39, 0.29) is 24.2 Å². The van der Waals surface area contributed by atoms with Crippen LogP contribution in [0.25, 0.3) is 0 Å². The summed E-state index contributed by atoms with van der Waals surface area (Å²) in [5, 5.41) is 26.2. The number of esters is 2. The van der Waals surface area contributed by atoms with Crippen LogP contribution in [0.3, 0.4) is 0 Å². The molecule has 0 heterocycles. The molecule has 296 valence electrons. The zero-order chi connectivity index (χ0) is 39.7. The number of rotatable bonds is 14. The van der Waals surface area contributed by atoms with Gasteiger partial charge >= 0.3 is 11.9 Å². The topological polar surface area (TPSA) is 146 Å². The molecule has 0 aliphatic heterocycles. The summed E-state index contributed by atoms with van der Waals surface area (Å²) in [7, 11) is -4.86. The van der Waals surface area contributed by atoms with Gasteiger partial charge in [-0.1, -0.05) is 73.6 Å². The van der Waals surface area contributed by atoms with Crippen molar-refractivity contribution in [3.05, 3.63) is 47.0 Å². The van der Waals surface area contributed by atoms with Crippen LogP contribution in [0.4, 0.5) is 0 Å². The van der Waals surface area contributed by atoms with E-state index in [1.807, 2.05) is 6.92 Å². The van der Waals surface area contributed by atoms with Gasteiger partial charge < -0.3 is 28.5 Å². The Bertz CT molecular complexity index is 1530. The lowest BCUT2D eigenvalue weighted by Gasteiger charge is -2.62. The third-order valence-corrected chi connectivity index (χ3v) is 23.3. The van der Waals surface area contributed by atoms with E-state index < -0.39 is 93.6 Å². The number of fused-ring (bicyclic) bond motifs is 3. The molecular weight excluding hydrogens is 709 g/mol. The maximum absolute atomic E-state index is 15.5. The van der Waals surface area contributed by atoms with Gasteiger partial charge in [-0.2, -0.15) is 0 Å². The van der Waals surface area contributed by atoms with Crippen molar-refractivity contribution in [1.29, 1.82) is 0 Å². The van der Waals surface area contributed by atoms with Crippen molar-refractivity contribution in [1.82, 2.24) is 0 Å². The van der Waals surface area contributed by atoms with Gasteiger partial charge in [0.25, 0.3) is 0 Å². The first-order valence-corrected chi connectivity index (χ1v) is 24.8. The number of aliphatic hydroxyl groups excluding tert-OH is 1. The predicted molar refractivity (Wildman–Crippen MR) is 208 cm³/mol. The molecule has 0 saturated heterocycles. The molecular formula is C41H64O10Si2. The number of carbonyl (C=O) groups is 4. The summed E-state index contributed by atoms with van der Waals surface area (Å²) in [4.78, 5) is 56.6. The molecule has 3 aliphatic carbocycles. The maximum Gasteiger partial charge on any atom is 0.338 e. The minimum atomic E-state index is -2.51. The van der Waals surface area contributed by atoms with Crippen molar-refractivity contribution in [2.45, 2.75) is 155 Å². The molecule has 1 aromatic carbocycles. The van der Waals surface area contributed by atoms with E-state index in [2.05, 4.69) is 41.5 Å². The number of ether oxygens (including phenoxy) is 2. The molecule has 10 nitrogen and oxygen atoms in total.